The Labute approximate surface area is 216 Å². The van der Waals surface area contributed by atoms with Gasteiger partial charge in [-0.1, -0.05) is 38.1 Å². The molecule has 0 fully saturated rings. The highest BCUT2D eigenvalue weighted by molar-refractivity contribution is 5.85. The lowest BCUT2D eigenvalue weighted by Crippen LogP contribution is -2.48. The molecule has 0 saturated heterocycles. The van der Waals surface area contributed by atoms with Crippen LogP contribution in [0, 0.1) is 6.92 Å². The van der Waals surface area contributed by atoms with Crippen molar-refractivity contribution in [2.45, 2.75) is 91.9 Å². The molecule has 0 aliphatic rings. The van der Waals surface area contributed by atoms with Crippen molar-refractivity contribution in [3.05, 3.63) is 59.4 Å². The first-order valence-electron chi connectivity index (χ1n) is 13.1. The van der Waals surface area contributed by atoms with Gasteiger partial charge in [-0.15, -0.1) is 0 Å². The summed E-state index contributed by atoms with van der Waals surface area (Å²) >= 11 is 0. The molecule has 0 bridgehead atoms. The van der Waals surface area contributed by atoms with E-state index in [1.165, 1.54) is 18.2 Å². The van der Waals surface area contributed by atoms with Crippen molar-refractivity contribution in [2.75, 3.05) is 13.7 Å². The van der Waals surface area contributed by atoms with Crippen molar-refractivity contribution in [3.8, 4) is 0 Å². The molecule has 2 unspecified atom stereocenters. The standard InChI is InChI=1S/C29H43N3O4/c1-7-23(4)31(20-26-15-12-18-30(26)19-25-14-10-9-13-22(25)3)28(34)21-32(24(5)8-2)27(33)16-11-17-29(35)36-6/h9-10,12-15,18,23-24H,7-8,11,16-17,19-21H2,1-6H3. The quantitative estimate of drug-likeness (QED) is 0.347. The van der Waals surface area contributed by atoms with Crippen LogP contribution in [0.25, 0.3) is 0 Å². The lowest BCUT2D eigenvalue weighted by molar-refractivity contribution is -0.144. The Morgan fingerprint density at radius 1 is 0.917 bits per heavy atom. The van der Waals surface area contributed by atoms with E-state index >= 15 is 0 Å². The topological polar surface area (TPSA) is 71.9 Å². The molecule has 1 heterocycles. The molecule has 198 valence electrons. The minimum Gasteiger partial charge on any atom is -0.469 e. The second-order valence-electron chi connectivity index (χ2n) is 9.54. The molecular weight excluding hydrogens is 454 g/mol. The molecule has 2 aromatic rings. The highest BCUT2D eigenvalue weighted by Gasteiger charge is 2.27. The van der Waals surface area contributed by atoms with E-state index in [0.717, 1.165) is 25.1 Å². The van der Waals surface area contributed by atoms with Gasteiger partial charge in [0.15, 0.2) is 0 Å². The van der Waals surface area contributed by atoms with Crippen molar-refractivity contribution in [1.82, 2.24) is 14.4 Å². The maximum Gasteiger partial charge on any atom is 0.305 e. The van der Waals surface area contributed by atoms with E-state index in [9.17, 15) is 14.4 Å². The minimum atomic E-state index is -0.328. The number of hydrogen-bond acceptors (Lipinski definition) is 4. The van der Waals surface area contributed by atoms with Crippen molar-refractivity contribution in [2.24, 2.45) is 0 Å². The molecule has 2 rings (SSSR count). The molecule has 2 amide bonds. The number of methoxy groups -OCH3 is 1. The molecule has 36 heavy (non-hydrogen) atoms. The summed E-state index contributed by atoms with van der Waals surface area (Å²) < 4.78 is 6.86. The van der Waals surface area contributed by atoms with Gasteiger partial charge in [0.1, 0.15) is 6.54 Å². The van der Waals surface area contributed by atoms with Crippen LogP contribution in [0.5, 0.6) is 0 Å². The molecule has 1 aromatic heterocycles. The summed E-state index contributed by atoms with van der Waals surface area (Å²) in [5.74, 6) is -0.492. The number of amides is 2. The zero-order valence-corrected chi connectivity index (χ0v) is 22.8. The van der Waals surface area contributed by atoms with Gasteiger partial charge in [0.2, 0.25) is 11.8 Å². The van der Waals surface area contributed by atoms with Gasteiger partial charge in [0.05, 0.1) is 13.7 Å². The normalized spacial score (nSPS) is 12.6. The predicted octanol–water partition coefficient (Wildman–Crippen LogP) is 4.94. The van der Waals surface area contributed by atoms with Gasteiger partial charge < -0.3 is 19.1 Å². The first kappa shape index (κ1) is 29.1. The second-order valence-corrected chi connectivity index (χ2v) is 9.54. The zero-order valence-electron chi connectivity index (χ0n) is 22.8. The fraction of sp³-hybridized carbons (Fsp3) is 0.552. The van der Waals surface area contributed by atoms with Gasteiger partial charge in [-0.2, -0.15) is 0 Å². The third-order valence-corrected chi connectivity index (χ3v) is 7.05. The summed E-state index contributed by atoms with van der Waals surface area (Å²) in [5.41, 5.74) is 3.55. The molecule has 7 nitrogen and oxygen atoms in total. The van der Waals surface area contributed by atoms with Crippen LogP contribution in [-0.2, 0) is 32.2 Å². The SMILES string of the molecule is CCC(C)N(CC(=O)N(Cc1cccn1Cc1ccccc1C)C(C)CC)C(=O)CCCC(=O)OC. The van der Waals surface area contributed by atoms with E-state index in [1.807, 2.05) is 36.9 Å². The molecule has 0 saturated carbocycles. The number of carbonyl (C=O) groups is 3. The first-order chi connectivity index (χ1) is 17.2. The molecule has 0 N–H and O–H groups in total. The van der Waals surface area contributed by atoms with Crippen molar-refractivity contribution >= 4 is 17.8 Å². The number of aromatic nitrogens is 1. The van der Waals surface area contributed by atoms with Gasteiger partial charge >= 0.3 is 5.97 Å². The van der Waals surface area contributed by atoms with Crippen LogP contribution in [0.1, 0.15) is 76.6 Å². The number of rotatable bonds is 14. The maximum atomic E-state index is 13.6. The lowest BCUT2D eigenvalue weighted by Gasteiger charge is -2.34. The van der Waals surface area contributed by atoms with Crippen molar-refractivity contribution in [1.29, 1.82) is 0 Å². The number of hydrogen-bond donors (Lipinski definition) is 0. The maximum absolute atomic E-state index is 13.6. The van der Waals surface area contributed by atoms with Crippen LogP contribution >= 0.6 is 0 Å². The van der Waals surface area contributed by atoms with Gasteiger partial charge in [-0.25, -0.2) is 0 Å². The Hall–Kier alpha value is -3.09. The summed E-state index contributed by atoms with van der Waals surface area (Å²) in [6.07, 6.45) is 4.45. The number of nitrogens with zero attached hydrogens (tertiary/aromatic N) is 3. The van der Waals surface area contributed by atoms with Crippen molar-refractivity contribution in [3.63, 3.8) is 0 Å². The second kappa shape index (κ2) is 14.5. The predicted molar refractivity (Wildman–Crippen MR) is 142 cm³/mol. The molecular formula is C29H43N3O4. The molecule has 0 aliphatic heterocycles. The highest BCUT2D eigenvalue weighted by atomic mass is 16.5. The van der Waals surface area contributed by atoms with Crippen LogP contribution in [-0.4, -0.2) is 57.9 Å². The van der Waals surface area contributed by atoms with Crippen LogP contribution in [0.3, 0.4) is 0 Å². The minimum absolute atomic E-state index is 0.0347. The Morgan fingerprint density at radius 3 is 2.22 bits per heavy atom. The zero-order chi connectivity index (χ0) is 26.7. The third kappa shape index (κ3) is 8.25. The summed E-state index contributed by atoms with van der Waals surface area (Å²) in [6, 6.07) is 12.4. The first-order valence-corrected chi connectivity index (χ1v) is 13.1. The third-order valence-electron chi connectivity index (χ3n) is 7.05. The van der Waals surface area contributed by atoms with Crippen LogP contribution < -0.4 is 0 Å². The lowest BCUT2D eigenvalue weighted by atomic mass is 10.1. The fourth-order valence-corrected chi connectivity index (χ4v) is 4.18. The summed E-state index contributed by atoms with van der Waals surface area (Å²) in [4.78, 5) is 41.6. The average molecular weight is 498 g/mol. The molecule has 0 aliphatic carbocycles. The molecule has 1 aromatic carbocycles. The fourth-order valence-electron chi connectivity index (χ4n) is 4.18. The number of ether oxygens (including phenoxy) is 1. The average Bonchev–Trinajstić information content (AvgIpc) is 3.32. The number of esters is 1. The Bertz CT molecular complexity index is 1000. The smallest absolute Gasteiger partial charge is 0.305 e. The number of benzene rings is 1. The van der Waals surface area contributed by atoms with E-state index in [1.54, 1.807) is 4.90 Å². The van der Waals surface area contributed by atoms with Gasteiger partial charge in [0, 0.05) is 43.4 Å². The molecule has 7 heteroatoms. The van der Waals surface area contributed by atoms with E-state index in [0.29, 0.717) is 13.0 Å². The molecule has 2 atom stereocenters. The van der Waals surface area contributed by atoms with E-state index in [4.69, 9.17) is 0 Å². The van der Waals surface area contributed by atoms with E-state index in [2.05, 4.69) is 54.5 Å². The van der Waals surface area contributed by atoms with E-state index in [-0.39, 0.29) is 49.3 Å². The number of aryl methyl sites for hydroxylation is 1. The van der Waals surface area contributed by atoms with Crippen molar-refractivity contribution < 1.29 is 19.1 Å². The Morgan fingerprint density at radius 2 is 1.58 bits per heavy atom. The Kier molecular flexibility index (Phi) is 11.7. The van der Waals surface area contributed by atoms with Gasteiger partial charge in [-0.3, -0.25) is 14.4 Å². The summed E-state index contributed by atoms with van der Waals surface area (Å²) in [7, 11) is 1.34. The molecule has 0 spiro atoms. The highest BCUT2D eigenvalue weighted by Crippen LogP contribution is 2.17. The van der Waals surface area contributed by atoms with E-state index < -0.39 is 0 Å². The number of carbonyl (C=O) groups excluding carboxylic acids is 3. The largest absolute Gasteiger partial charge is 0.469 e. The molecule has 0 radical (unpaired) electrons. The van der Waals surface area contributed by atoms with Crippen LogP contribution in [0.4, 0.5) is 0 Å². The van der Waals surface area contributed by atoms with Gasteiger partial charge in [0.25, 0.3) is 0 Å². The Balaban J connectivity index is 2.17. The van der Waals surface area contributed by atoms with Gasteiger partial charge in [-0.05, 0) is 63.3 Å². The summed E-state index contributed by atoms with van der Waals surface area (Å²) in [5, 5.41) is 0. The monoisotopic (exact) mass is 497 g/mol. The van der Waals surface area contributed by atoms with Crippen LogP contribution in [0.15, 0.2) is 42.6 Å². The van der Waals surface area contributed by atoms with Crippen LogP contribution in [0.2, 0.25) is 0 Å². The summed E-state index contributed by atoms with van der Waals surface area (Å²) in [6.45, 7) is 11.5.